The van der Waals surface area contributed by atoms with Crippen LogP contribution in [0.5, 0.6) is 11.5 Å². The molecule has 0 bridgehead atoms. The van der Waals surface area contributed by atoms with Crippen molar-refractivity contribution in [2.45, 2.75) is 32.3 Å². The molecule has 0 saturated heterocycles. The van der Waals surface area contributed by atoms with Crippen LogP contribution in [0, 0.1) is 11.3 Å². The van der Waals surface area contributed by atoms with E-state index in [1.165, 1.54) is 5.56 Å². The van der Waals surface area contributed by atoms with Gasteiger partial charge in [0.05, 0.1) is 25.5 Å². The number of ether oxygens (including phenoxy) is 3. The van der Waals surface area contributed by atoms with Gasteiger partial charge in [0.25, 0.3) is 0 Å². The molecule has 1 aromatic heterocycles. The number of nitrogens with zero attached hydrogens (tertiary/aromatic N) is 1. The van der Waals surface area contributed by atoms with Crippen LogP contribution in [0.15, 0.2) is 60.8 Å². The lowest BCUT2D eigenvalue weighted by molar-refractivity contribution is 0.140. The molecule has 1 aliphatic carbocycles. The van der Waals surface area contributed by atoms with Crippen molar-refractivity contribution in [3.63, 3.8) is 0 Å². The number of hydrogen-bond acceptors (Lipinski definition) is 7. The van der Waals surface area contributed by atoms with Gasteiger partial charge in [-0.05, 0) is 80.1 Å². The average Bonchev–Trinajstić information content (AvgIpc) is 3.62. The van der Waals surface area contributed by atoms with Crippen LogP contribution >= 0.6 is 0 Å². The van der Waals surface area contributed by atoms with Gasteiger partial charge < -0.3 is 25.3 Å². The van der Waals surface area contributed by atoms with Crippen LogP contribution in [-0.2, 0) is 4.74 Å². The van der Waals surface area contributed by atoms with E-state index in [4.69, 9.17) is 25.4 Å². The van der Waals surface area contributed by atoms with E-state index >= 15 is 0 Å². The molecule has 7 heteroatoms. The van der Waals surface area contributed by atoms with Crippen LogP contribution in [0.3, 0.4) is 0 Å². The molecule has 3 aromatic rings. The highest BCUT2D eigenvalue weighted by molar-refractivity contribution is 6.14. The van der Waals surface area contributed by atoms with Gasteiger partial charge in [-0.1, -0.05) is 12.1 Å². The largest absolute Gasteiger partial charge is 0.497 e. The lowest BCUT2D eigenvalue weighted by Gasteiger charge is -2.14. The first kappa shape index (κ1) is 23.6. The highest BCUT2D eigenvalue weighted by atomic mass is 16.5. The van der Waals surface area contributed by atoms with E-state index in [0.29, 0.717) is 59.3 Å². The molecule has 2 aromatic carbocycles. The Hall–Kier alpha value is -3.58. The molecule has 1 heterocycles. The number of pyridine rings is 1. The smallest absolute Gasteiger partial charge is 0.128 e. The number of benzene rings is 2. The van der Waals surface area contributed by atoms with Crippen LogP contribution < -0.4 is 20.5 Å². The second-order valence-electron chi connectivity index (χ2n) is 8.79. The van der Waals surface area contributed by atoms with Gasteiger partial charge in [0.2, 0.25) is 0 Å². The summed E-state index contributed by atoms with van der Waals surface area (Å²) in [5, 5.41) is 11.9. The Bertz CT molecular complexity index is 1140. The van der Waals surface area contributed by atoms with Crippen LogP contribution in [0.1, 0.15) is 45.7 Å². The number of methoxy groups -OCH3 is 1. The Morgan fingerprint density at radius 3 is 2.65 bits per heavy atom. The Balaban J connectivity index is 0.00000228. The molecule has 7 nitrogen and oxygen atoms in total. The van der Waals surface area contributed by atoms with E-state index in [2.05, 4.69) is 22.4 Å². The minimum absolute atomic E-state index is 0. The number of anilines is 2. The average molecular weight is 465 g/mol. The van der Waals surface area contributed by atoms with Crippen LogP contribution in [0.2, 0.25) is 0 Å². The Morgan fingerprint density at radius 1 is 1.15 bits per heavy atom. The highest BCUT2D eigenvalue weighted by Gasteiger charge is 2.38. The lowest BCUT2D eigenvalue weighted by Crippen LogP contribution is -2.11. The minimum atomic E-state index is 0. The van der Waals surface area contributed by atoms with Gasteiger partial charge in [0, 0.05) is 25.9 Å². The Labute approximate surface area is 203 Å². The molecule has 1 fully saturated rings. The molecule has 4 N–H and O–H groups in total. The van der Waals surface area contributed by atoms with Crippen molar-refractivity contribution in [3.05, 3.63) is 77.5 Å². The van der Waals surface area contributed by atoms with Crippen LogP contribution in [0.25, 0.3) is 0 Å². The second-order valence-corrected chi connectivity index (χ2v) is 8.79. The molecule has 34 heavy (non-hydrogen) atoms. The molecule has 4 rings (SSSR count). The number of nitrogen functional groups attached to an aromatic ring is 1. The lowest BCUT2D eigenvalue weighted by atomic mass is 10.0. The zero-order chi connectivity index (χ0) is 24.1. The van der Waals surface area contributed by atoms with Crippen LogP contribution in [0.4, 0.5) is 11.5 Å². The summed E-state index contributed by atoms with van der Waals surface area (Å²) in [7, 11) is 1.68. The van der Waals surface area contributed by atoms with E-state index in [1.54, 1.807) is 25.4 Å². The summed E-state index contributed by atoms with van der Waals surface area (Å²) >= 11 is 0. The fourth-order valence-corrected chi connectivity index (χ4v) is 3.96. The fourth-order valence-electron chi connectivity index (χ4n) is 3.96. The van der Waals surface area contributed by atoms with E-state index in [9.17, 15) is 0 Å². The zero-order valence-corrected chi connectivity index (χ0v) is 19.9. The number of hydrogen-bond donors (Lipinski definition) is 3. The minimum Gasteiger partial charge on any atom is -0.497 e. The summed E-state index contributed by atoms with van der Waals surface area (Å²) in [4.78, 5) is 4.35. The van der Waals surface area contributed by atoms with Gasteiger partial charge in [-0.15, -0.1) is 0 Å². The van der Waals surface area contributed by atoms with E-state index in [-0.39, 0.29) is 8.96 Å². The molecule has 0 amide bonds. The molecule has 1 saturated carbocycles. The van der Waals surface area contributed by atoms with Crippen molar-refractivity contribution in [1.82, 2.24) is 4.98 Å². The third-order valence-corrected chi connectivity index (χ3v) is 5.87. The van der Waals surface area contributed by atoms with Gasteiger partial charge in [-0.25, -0.2) is 4.98 Å². The standard InChI is InChI=1S/C27H32N4O3.2H2/c1-17(2)34-22-8-9-25(28)24(14-22)27(29)19-10-11-30-26(13-19)31-16-33-15-20-12-23(20)18-4-6-21(32-3)7-5-18;;/h4-11,13-14,17,20,23,29H,12,15-16,28H2,1-3H3,(H,30,31);2*1H. The van der Waals surface area contributed by atoms with Crippen LogP contribution in [-0.4, -0.2) is 37.2 Å². The summed E-state index contributed by atoms with van der Waals surface area (Å²) in [6.45, 7) is 4.98. The third kappa shape index (κ3) is 5.85. The molecular weight excluding hydrogens is 428 g/mol. The molecule has 182 valence electrons. The molecule has 0 spiro atoms. The van der Waals surface area contributed by atoms with Crippen molar-refractivity contribution in [3.8, 4) is 11.5 Å². The summed E-state index contributed by atoms with van der Waals surface area (Å²) in [5.74, 6) is 3.30. The maximum absolute atomic E-state index is 8.66. The van der Waals surface area contributed by atoms with Gasteiger partial charge >= 0.3 is 0 Å². The Kier molecular flexibility index (Phi) is 7.33. The maximum atomic E-state index is 8.66. The predicted octanol–water partition coefficient (Wildman–Crippen LogP) is 5.56. The first-order chi connectivity index (χ1) is 16.4. The van der Waals surface area contributed by atoms with Gasteiger partial charge in [0.1, 0.15) is 24.0 Å². The van der Waals surface area contributed by atoms with E-state index < -0.39 is 0 Å². The fraction of sp³-hybridized carbons (Fsp3) is 0.333. The molecule has 0 radical (unpaired) electrons. The van der Waals surface area contributed by atoms with E-state index in [1.807, 2.05) is 44.2 Å². The van der Waals surface area contributed by atoms with Crippen molar-refractivity contribution in [2.24, 2.45) is 5.92 Å². The van der Waals surface area contributed by atoms with Crippen molar-refractivity contribution >= 4 is 17.2 Å². The van der Waals surface area contributed by atoms with Gasteiger partial charge in [0.15, 0.2) is 0 Å². The quantitative estimate of drug-likeness (QED) is 0.149. The topological polar surface area (TPSA) is 102 Å². The maximum Gasteiger partial charge on any atom is 0.128 e. The second kappa shape index (κ2) is 10.6. The molecular formula is C27H36N4O3. The number of nitrogens with two attached hydrogens (primary N) is 1. The van der Waals surface area contributed by atoms with Crippen molar-refractivity contribution in [2.75, 3.05) is 31.5 Å². The number of rotatable bonds is 11. The summed E-state index contributed by atoms with van der Waals surface area (Å²) < 4.78 is 16.8. The molecule has 2 unspecified atom stereocenters. The summed E-state index contributed by atoms with van der Waals surface area (Å²) in [5.41, 5.74) is 9.67. The van der Waals surface area contributed by atoms with Gasteiger partial charge in [-0.3, -0.25) is 5.41 Å². The Morgan fingerprint density at radius 2 is 1.91 bits per heavy atom. The highest BCUT2D eigenvalue weighted by Crippen LogP contribution is 2.47. The van der Waals surface area contributed by atoms with Crippen molar-refractivity contribution in [1.29, 1.82) is 5.41 Å². The number of aromatic nitrogens is 1. The van der Waals surface area contributed by atoms with E-state index in [0.717, 1.165) is 12.2 Å². The summed E-state index contributed by atoms with van der Waals surface area (Å²) in [6.07, 6.45) is 2.86. The number of nitrogens with one attached hydrogen (secondary N) is 2. The third-order valence-electron chi connectivity index (χ3n) is 5.87. The van der Waals surface area contributed by atoms with Gasteiger partial charge in [-0.2, -0.15) is 0 Å². The molecule has 0 aliphatic heterocycles. The first-order valence-corrected chi connectivity index (χ1v) is 11.5. The summed E-state index contributed by atoms with van der Waals surface area (Å²) in [6, 6.07) is 17.3. The zero-order valence-electron chi connectivity index (χ0n) is 19.9. The first-order valence-electron chi connectivity index (χ1n) is 11.5. The van der Waals surface area contributed by atoms with Crippen molar-refractivity contribution < 1.29 is 17.1 Å². The SMILES string of the molecule is COc1ccc(C2CC2COCNc2cc(C(=N)c3cc(OC(C)C)ccc3N)ccn2)cc1.[HH].[HH]. The monoisotopic (exact) mass is 464 g/mol. The normalized spacial score (nSPS) is 16.8. The molecule has 2 atom stereocenters. The predicted molar refractivity (Wildman–Crippen MR) is 139 cm³/mol. The molecule has 1 aliphatic rings.